The van der Waals surface area contributed by atoms with Gasteiger partial charge in [0.05, 0.1) is 24.0 Å². The molecule has 0 spiro atoms. The smallest absolute Gasteiger partial charge is 0.252 e. The first-order chi connectivity index (χ1) is 15.6. The number of hydrogen-bond acceptors (Lipinski definition) is 9. The Morgan fingerprint density at radius 1 is 1.12 bits per heavy atom. The van der Waals surface area contributed by atoms with Crippen LogP contribution in [-0.4, -0.2) is 49.3 Å². The number of nitrogens with one attached hydrogen (secondary N) is 1. The van der Waals surface area contributed by atoms with Crippen LogP contribution in [0.4, 0.5) is 5.95 Å². The van der Waals surface area contributed by atoms with Crippen LogP contribution in [-0.2, 0) is 4.74 Å². The SMILES string of the molecule is Cc1nc(-c2ccc([C@@H]3OCCN(c4nc(-c5ccncn5)cc(=O)[nH]4)C3C)cc2)no1. The second-order valence-electron chi connectivity index (χ2n) is 7.53. The molecule has 1 fully saturated rings. The Kier molecular flexibility index (Phi) is 5.20. The van der Waals surface area contributed by atoms with Gasteiger partial charge in [-0.25, -0.2) is 15.0 Å². The van der Waals surface area contributed by atoms with Crippen molar-refractivity contribution in [3.63, 3.8) is 0 Å². The fraction of sp³-hybridized carbons (Fsp3) is 0.273. The molecule has 0 bridgehead atoms. The van der Waals surface area contributed by atoms with Gasteiger partial charge in [-0.2, -0.15) is 4.98 Å². The Hall–Kier alpha value is -3.92. The highest BCUT2D eigenvalue weighted by atomic mass is 16.5. The second-order valence-corrected chi connectivity index (χ2v) is 7.53. The average molecular weight is 431 g/mol. The summed E-state index contributed by atoms with van der Waals surface area (Å²) in [5, 5.41) is 3.96. The number of hydrogen-bond donors (Lipinski definition) is 1. The zero-order valence-corrected chi connectivity index (χ0v) is 17.6. The van der Waals surface area contributed by atoms with Gasteiger partial charge in [0, 0.05) is 31.3 Å². The molecule has 3 aromatic heterocycles. The molecule has 10 heteroatoms. The Morgan fingerprint density at radius 2 is 1.97 bits per heavy atom. The highest BCUT2D eigenvalue weighted by Gasteiger charge is 2.31. The van der Waals surface area contributed by atoms with Crippen molar-refractivity contribution in [2.75, 3.05) is 18.1 Å². The molecular weight excluding hydrogens is 410 g/mol. The van der Waals surface area contributed by atoms with Gasteiger partial charge in [-0.15, -0.1) is 0 Å². The molecule has 1 unspecified atom stereocenters. The molecule has 4 aromatic rings. The molecule has 1 aromatic carbocycles. The molecular formula is C22H21N7O3. The molecule has 1 N–H and O–H groups in total. The van der Waals surface area contributed by atoms with E-state index in [-0.39, 0.29) is 17.7 Å². The maximum atomic E-state index is 12.3. The molecule has 0 aliphatic carbocycles. The van der Waals surface area contributed by atoms with Crippen LogP contribution in [0.3, 0.4) is 0 Å². The summed E-state index contributed by atoms with van der Waals surface area (Å²) in [5.74, 6) is 1.57. The first-order valence-corrected chi connectivity index (χ1v) is 10.2. The van der Waals surface area contributed by atoms with Crippen molar-refractivity contribution >= 4 is 5.95 Å². The van der Waals surface area contributed by atoms with Crippen LogP contribution in [0.5, 0.6) is 0 Å². The van der Waals surface area contributed by atoms with E-state index >= 15 is 0 Å². The predicted octanol–water partition coefficient (Wildman–Crippen LogP) is 2.55. The topological polar surface area (TPSA) is 123 Å². The maximum Gasteiger partial charge on any atom is 0.252 e. The van der Waals surface area contributed by atoms with Crippen LogP contribution in [0.15, 0.2) is 58.2 Å². The van der Waals surface area contributed by atoms with Gasteiger partial charge in [0.2, 0.25) is 17.7 Å². The normalized spacial score (nSPS) is 18.6. The summed E-state index contributed by atoms with van der Waals surface area (Å²) >= 11 is 0. The van der Waals surface area contributed by atoms with Crippen LogP contribution in [0, 0.1) is 6.92 Å². The minimum absolute atomic E-state index is 0.0641. The molecule has 10 nitrogen and oxygen atoms in total. The van der Waals surface area contributed by atoms with Gasteiger partial charge < -0.3 is 14.2 Å². The highest BCUT2D eigenvalue weighted by Crippen LogP contribution is 2.31. The van der Waals surface area contributed by atoms with E-state index in [0.717, 1.165) is 11.1 Å². The Balaban J connectivity index is 1.42. The van der Waals surface area contributed by atoms with Gasteiger partial charge in [-0.05, 0) is 18.6 Å². The van der Waals surface area contributed by atoms with Crippen LogP contribution in [0.2, 0.25) is 0 Å². The van der Waals surface area contributed by atoms with Crippen molar-refractivity contribution in [1.29, 1.82) is 0 Å². The van der Waals surface area contributed by atoms with E-state index in [2.05, 4.69) is 41.9 Å². The molecule has 0 amide bonds. The van der Waals surface area contributed by atoms with E-state index in [1.807, 2.05) is 24.3 Å². The van der Waals surface area contributed by atoms with E-state index in [1.54, 1.807) is 19.2 Å². The molecule has 0 radical (unpaired) electrons. The highest BCUT2D eigenvalue weighted by molar-refractivity contribution is 5.56. The van der Waals surface area contributed by atoms with Crippen molar-refractivity contribution in [3.8, 4) is 22.8 Å². The standard InChI is InChI=1S/C22H21N7O3/c1-13-20(15-3-5-16(6-4-15)21-25-14(2)32-28-21)31-10-9-29(13)22-26-18(11-19(30)27-22)17-7-8-23-12-24-17/h3-8,11-13,20H,9-10H2,1-2H3,(H,26,27,30)/t13?,20-/m1/s1. The number of aromatic nitrogens is 6. The largest absolute Gasteiger partial charge is 0.370 e. The van der Waals surface area contributed by atoms with E-state index in [1.165, 1.54) is 12.4 Å². The Bertz CT molecular complexity index is 1270. The number of anilines is 1. The summed E-state index contributed by atoms with van der Waals surface area (Å²) in [6.07, 6.45) is 2.86. The molecule has 2 atom stereocenters. The van der Waals surface area contributed by atoms with Crippen molar-refractivity contribution in [1.82, 2.24) is 30.1 Å². The zero-order chi connectivity index (χ0) is 22.1. The fourth-order valence-corrected chi connectivity index (χ4v) is 3.85. The first-order valence-electron chi connectivity index (χ1n) is 10.2. The number of aromatic amines is 1. The van der Waals surface area contributed by atoms with Gasteiger partial charge in [0.15, 0.2) is 0 Å². The number of rotatable bonds is 4. The monoisotopic (exact) mass is 431 g/mol. The predicted molar refractivity (Wildman–Crippen MR) is 116 cm³/mol. The molecule has 5 rings (SSSR count). The lowest BCUT2D eigenvalue weighted by molar-refractivity contribution is 0.0139. The minimum atomic E-state index is -0.237. The molecule has 32 heavy (non-hydrogen) atoms. The van der Waals surface area contributed by atoms with Gasteiger partial charge in [0.1, 0.15) is 12.4 Å². The van der Waals surface area contributed by atoms with E-state index in [0.29, 0.717) is 42.2 Å². The van der Waals surface area contributed by atoms with Crippen molar-refractivity contribution < 1.29 is 9.26 Å². The number of aryl methyl sites for hydroxylation is 1. The molecule has 0 saturated carbocycles. The fourth-order valence-electron chi connectivity index (χ4n) is 3.85. The van der Waals surface area contributed by atoms with Crippen molar-refractivity contribution in [3.05, 3.63) is 70.7 Å². The number of H-pyrrole nitrogens is 1. The molecule has 1 aliphatic heterocycles. The van der Waals surface area contributed by atoms with Crippen LogP contribution in [0.1, 0.15) is 24.5 Å². The summed E-state index contributed by atoms with van der Waals surface area (Å²) in [7, 11) is 0. The molecule has 162 valence electrons. The number of benzene rings is 1. The summed E-state index contributed by atoms with van der Waals surface area (Å²) in [6.45, 7) is 4.92. The maximum absolute atomic E-state index is 12.3. The second kappa shape index (κ2) is 8.31. The third-order valence-corrected chi connectivity index (χ3v) is 5.43. The summed E-state index contributed by atoms with van der Waals surface area (Å²) < 4.78 is 11.2. The molecule has 1 aliphatic rings. The Morgan fingerprint density at radius 3 is 2.69 bits per heavy atom. The summed E-state index contributed by atoms with van der Waals surface area (Å²) in [5.41, 5.74) is 2.74. The summed E-state index contributed by atoms with van der Waals surface area (Å²) in [4.78, 5) is 34.3. The average Bonchev–Trinajstić information content (AvgIpc) is 3.26. The Labute approximate surface area is 183 Å². The van der Waals surface area contributed by atoms with Gasteiger partial charge in [0.25, 0.3) is 5.56 Å². The lowest BCUT2D eigenvalue weighted by Gasteiger charge is -2.39. The lowest BCUT2D eigenvalue weighted by atomic mass is 9.99. The molecule has 1 saturated heterocycles. The van der Waals surface area contributed by atoms with E-state index in [9.17, 15) is 4.79 Å². The molecule has 4 heterocycles. The van der Waals surface area contributed by atoms with Crippen molar-refractivity contribution in [2.45, 2.75) is 26.0 Å². The van der Waals surface area contributed by atoms with Gasteiger partial charge in [-0.3, -0.25) is 9.78 Å². The summed E-state index contributed by atoms with van der Waals surface area (Å²) in [6, 6.07) is 11.0. The van der Waals surface area contributed by atoms with Gasteiger partial charge >= 0.3 is 0 Å². The quantitative estimate of drug-likeness (QED) is 0.519. The lowest BCUT2D eigenvalue weighted by Crippen LogP contribution is -2.47. The van der Waals surface area contributed by atoms with Crippen LogP contribution < -0.4 is 10.5 Å². The van der Waals surface area contributed by atoms with Crippen molar-refractivity contribution in [2.24, 2.45) is 0 Å². The third kappa shape index (κ3) is 3.87. The van der Waals surface area contributed by atoms with E-state index < -0.39 is 0 Å². The van der Waals surface area contributed by atoms with Crippen LogP contribution in [0.25, 0.3) is 22.8 Å². The number of morpholine rings is 1. The minimum Gasteiger partial charge on any atom is -0.370 e. The van der Waals surface area contributed by atoms with E-state index in [4.69, 9.17) is 9.26 Å². The van der Waals surface area contributed by atoms with Gasteiger partial charge in [-0.1, -0.05) is 29.4 Å². The number of nitrogens with zero attached hydrogens (tertiary/aromatic N) is 6. The first kappa shape index (κ1) is 20.0. The van der Waals surface area contributed by atoms with Crippen LogP contribution >= 0.6 is 0 Å². The zero-order valence-electron chi connectivity index (χ0n) is 17.6. The third-order valence-electron chi connectivity index (χ3n) is 5.43. The number of ether oxygens (including phenoxy) is 1.